The molecule has 0 unspecified atom stereocenters. The molecular formula is C12H20N4O2. The molecule has 2 rings (SSSR count). The van der Waals surface area contributed by atoms with Crippen LogP contribution in [0.1, 0.15) is 19.0 Å². The lowest BCUT2D eigenvalue weighted by Crippen LogP contribution is -2.50. The van der Waals surface area contributed by atoms with E-state index in [-0.39, 0.29) is 12.1 Å². The Kier molecular flexibility index (Phi) is 3.98. The molecule has 3 atom stereocenters. The number of aromatic amines is 1. The maximum atomic E-state index is 10.1. The van der Waals surface area contributed by atoms with Gasteiger partial charge in [-0.3, -0.25) is 10.00 Å². The Balaban J connectivity index is 1.90. The fourth-order valence-corrected chi connectivity index (χ4v) is 2.27. The van der Waals surface area contributed by atoms with Gasteiger partial charge in [-0.15, -0.1) is 5.10 Å². The van der Waals surface area contributed by atoms with Crippen LogP contribution >= 0.6 is 0 Å². The zero-order valence-electron chi connectivity index (χ0n) is 10.8. The fourth-order valence-electron chi connectivity index (χ4n) is 2.27. The van der Waals surface area contributed by atoms with Crippen LogP contribution in [-0.4, -0.2) is 57.3 Å². The van der Waals surface area contributed by atoms with Crippen LogP contribution in [0.2, 0.25) is 0 Å². The molecule has 6 heteroatoms. The lowest BCUT2D eigenvalue weighted by Gasteiger charge is -2.39. The minimum absolute atomic E-state index is 0.0492. The van der Waals surface area contributed by atoms with Gasteiger partial charge in [0.2, 0.25) is 0 Å². The Labute approximate surface area is 107 Å². The van der Waals surface area contributed by atoms with E-state index in [1.54, 1.807) is 6.20 Å². The molecule has 0 bridgehead atoms. The number of aromatic nitrogens is 3. The second-order valence-electron chi connectivity index (χ2n) is 4.82. The van der Waals surface area contributed by atoms with E-state index < -0.39 is 6.10 Å². The molecule has 0 saturated carbocycles. The molecule has 1 aliphatic rings. The molecule has 100 valence electrons. The summed E-state index contributed by atoms with van der Waals surface area (Å²) in [5.74, 6) is 0.742. The molecule has 2 heterocycles. The zero-order valence-corrected chi connectivity index (χ0v) is 10.8. The minimum atomic E-state index is -0.488. The van der Waals surface area contributed by atoms with Crippen molar-refractivity contribution in [2.24, 2.45) is 0 Å². The van der Waals surface area contributed by atoms with Gasteiger partial charge in [0.25, 0.3) is 0 Å². The van der Waals surface area contributed by atoms with E-state index in [2.05, 4.69) is 26.9 Å². The van der Waals surface area contributed by atoms with Gasteiger partial charge < -0.3 is 9.84 Å². The number of H-pyrrole nitrogens is 1. The number of nitrogens with one attached hydrogen (secondary N) is 1. The van der Waals surface area contributed by atoms with E-state index in [1.165, 1.54) is 0 Å². The Morgan fingerprint density at radius 1 is 1.67 bits per heavy atom. The number of hydrogen-bond acceptors (Lipinski definition) is 5. The van der Waals surface area contributed by atoms with Crippen LogP contribution in [0.15, 0.2) is 18.5 Å². The monoisotopic (exact) mass is 252 g/mol. The Bertz CT molecular complexity index is 393. The SMILES string of the molecule is C=C1C[C@H](N(C)CCc2c[nH]nn2)[C@@H](O)[C@H](C)O1. The van der Waals surface area contributed by atoms with E-state index in [0.717, 1.165) is 24.4 Å². The zero-order chi connectivity index (χ0) is 13.1. The molecule has 6 nitrogen and oxygen atoms in total. The first-order valence-corrected chi connectivity index (χ1v) is 6.16. The number of aliphatic hydroxyl groups is 1. The van der Waals surface area contributed by atoms with Crippen molar-refractivity contribution in [2.45, 2.75) is 38.0 Å². The summed E-state index contributed by atoms with van der Waals surface area (Å²) in [7, 11) is 2.00. The maximum Gasteiger partial charge on any atom is 0.123 e. The third-order valence-electron chi connectivity index (χ3n) is 3.42. The Hall–Kier alpha value is -1.40. The first-order chi connectivity index (χ1) is 8.58. The quantitative estimate of drug-likeness (QED) is 0.808. The summed E-state index contributed by atoms with van der Waals surface area (Å²) in [4.78, 5) is 2.13. The number of aliphatic hydroxyl groups excluding tert-OH is 1. The van der Waals surface area contributed by atoms with Crippen molar-refractivity contribution in [3.63, 3.8) is 0 Å². The predicted molar refractivity (Wildman–Crippen MR) is 66.8 cm³/mol. The van der Waals surface area contributed by atoms with Crippen molar-refractivity contribution in [2.75, 3.05) is 13.6 Å². The maximum absolute atomic E-state index is 10.1. The van der Waals surface area contributed by atoms with Gasteiger partial charge >= 0.3 is 0 Å². The Morgan fingerprint density at radius 2 is 2.44 bits per heavy atom. The molecular weight excluding hydrogens is 232 g/mol. The van der Waals surface area contributed by atoms with Crippen LogP contribution in [0.3, 0.4) is 0 Å². The molecule has 0 radical (unpaired) electrons. The predicted octanol–water partition coefficient (Wildman–Crippen LogP) is 0.331. The number of rotatable bonds is 4. The van der Waals surface area contributed by atoms with Gasteiger partial charge in [0.1, 0.15) is 12.2 Å². The van der Waals surface area contributed by atoms with Crippen molar-refractivity contribution in [3.05, 3.63) is 24.2 Å². The van der Waals surface area contributed by atoms with Crippen molar-refractivity contribution in [1.29, 1.82) is 0 Å². The molecule has 2 N–H and O–H groups in total. The third kappa shape index (κ3) is 2.88. The average Bonchev–Trinajstić information content (AvgIpc) is 2.83. The minimum Gasteiger partial charge on any atom is -0.493 e. The lowest BCUT2D eigenvalue weighted by atomic mass is 9.97. The van der Waals surface area contributed by atoms with Crippen LogP contribution in [-0.2, 0) is 11.2 Å². The number of hydrogen-bond donors (Lipinski definition) is 2. The van der Waals surface area contributed by atoms with Gasteiger partial charge in [-0.05, 0) is 14.0 Å². The van der Waals surface area contributed by atoms with Gasteiger partial charge in [-0.1, -0.05) is 11.8 Å². The first kappa shape index (κ1) is 13.0. The summed E-state index contributed by atoms with van der Waals surface area (Å²) < 4.78 is 5.43. The lowest BCUT2D eigenvalue weighted by molar-refractivity contribution is -0.0737. The molecule has 0 amide bonds. The van der Waals surface area contributed by atoms with E-state index >= 15 is 0 Å². The molecule has 0 aromatic carbocycles. The van der Waals surface area contributed by atoms with Crippen molar-refractivity contribution in [3.8, 4) is 0 Å². The van der Waals surface area contributed by atoms with Crippen LogP contribution in [0.4, 0.5) is 0 Å². The van der Waals surface area contributed by atoms with E-state index in [4.69, 9.17) is 4.74 Å². The number of ether oxygens (including phenoxy) is 1. The second kappa shape index (κ2) is 5.49. The summed E-state index contributed by atoms with van der Waals surface area (Å²) in [5, 5.41) is 20.5. The van der Waals surface area contributed by atoms with Crippen molar-refractivity contribution >= 4 is 0 Å². The van der Waals surface area contributed by atoms with Gasteiger partial charge in [-0.25, -0.2) is 0 Å². The molecule has 1 aromatic rings. The topological polar surface area (TPSA) is 74.3 Å². The van der Waals surface area contributed by atoms with Crippen molar-refractivity contribution in [1.82, 2.24) is 20.3 Å². The second-order valence-corrected chi connectivity index (χ2v) is 4.82. The highest BCUT2D eigenvalue weighted by molar-refractivity contribution is 5.00. The van der Waals surface area contributed by atoms with Crippen LogP contribution in [0.5, 0.6) is 0 Å². The van der Waals surface area contributed by atoms with Gasteiger partial charge in [0, 0.05) is 31.6 Å². The summed E-state index contributed by atoms with van der Waals surface area (Å²) in [6, 6.07) is 0.0492. The fraction of sp³-hybridized carbons (Fsp3) is 0.667. The largest absolute Gasteiger partial charge is 0.493 e. The Morgan fingerprint density at radius 3 is 3.11 bits per heavy atom. The first-order valence-electron chi connectivity index (χ1n) is 6.16. The summed E-state index contributed by atoms with van der Waals surface area (Å²) in [6.07, 6.45) is 2.57. The highest BCUT2D eigenvalue weighted by Crippen LogP contribution is 2.25. The normalized spacial score (nSPS) is 28.4. The summed E-state index contributed by atoms with van der Waals surface area (Å²) >= 11 is 0. The van der Waals surface area contributed by atoms with Gasteiger partial charge in [-0.2, -0.15) is 0 Å². The molecule has 0 spiro atoms. The van der Waals surface area contributed by atoms with Crippen LogP contribution < -0.4 is 0 Å². The molecule has 1 saturated heterocycles. The highest BCUT2D eigenvalue weighted by atomic mass is 16.5. The average molecular weight is 252 g/mol. The number of likely N-dealkylation sites (N-methyl/N-ethyl adjacent to an activating group) is 1. The standard InChI is InChI=1S/C12H20N4O2/c1-8-6-11(12(17)9(2)18-8)16(3)5-4-10-7-13-15-14-10/h7,9,11-12,17H,1,4-6H2,2-3H3,(H,13,14,15)/t9-,11-,12-/m0/s1. The highest BCUT2D eigenvalue weighted by Gasteiger charge is 2.34. The van der Waals surface area contributed by atoms with Crippen LogP contribution in [0.25, 0.3) is 0 Å². The van der Waals surface area contributed by atoms with E-state index in [0.29, 0.717) is 6.42 Å². The molecule has 1 aromatic heterocycles. The molecule has 18 heavy (non-hydrogen) atoms. The summed E-state index contributed by atoms with van der Waals surface area (Å²) in [5.41, 5.74) is 0.926. The smallest absolute Gasteiger partial charge is 0.123 e. The van der Waals surface area contributed by atoms with E-state index in [1.807, 2.05) is 14.0 Å². The van der Waals surface area contributed by atoms with E-state index in [9.17, 15) is 5.11 Å². The molecule has 0 aliphatic carbocycles. The third-order valence-corrected chi connectivity index (χ3v) is 3.42. The number of nitrogens with zero attached hydrogens (tertiary/aromatic N) is 3. The van der Waals surface area contributed by atoms with Crippen molar-refractivity contribution < 1.29 is 9.84 Å². The molecule has 1 aliphatic heterocycles. The van der Waals surface area contributed by atoms with Gasteiger partial charge in [0.15, 0.2) is 0 Å². The van der Waals surface area contributed by atoms with Crippen LogP contribution in [0, 0.1) is 0 Å². The molecule has 1 fully saturated rings. The summed E-state index contributed by atoms with van der Waals surface area (Å²) in [6.45, 7) is 6.54. The van der Waals surface area contributed by atoms with Gasteiger partial charge in [0.05, 0.1) is 11.5 Å².